The van der Waals surface area contributed by atoms with Gasteiger partial charge in [-0.15, -0.1) is 0 Å². The van der Waals surface area contributed by atoms with Crippen LogP contribution in [0.15, 0.2) is 42.5 Å². The van der Waals surface area contributed by atoms with Crippen molar-refractivity contribution in [1.29, 1.82) is 5.26 Å². The third-order valence-electron chi connectivity index (χ3n) is 6.46. The number of aryl methyl sites for hydroxylation is 2. The van der Waals surface area contributed by atoms with E-state index < -0.39 is 0 Å². The van der Waals surface area contributed by atoms with Gasteiger partial charge < -0.3 is 9.72 Å². The highest BCUT2D eigenvalue weighted by atomic mass is 19.1. The van der Waals surface area contributed by atoms with Crippen molar-refractivity contribution in [3.05, 3.63) is 75.9 Å². The zero-order chi connectivity index (χ0) is 27.0. The summed E-state index contributed by atoms with van der Waals surface area (Å²) in [6.45, 7) is 8.56. The Bertz CT molecular complexity index is 1230. The molecular formula is C32H42FN3O. The average Bonchev–Trinajstić information content (AvgIpc) is 3.29. The van der Waals surface area contributed by atoms with Crippen molar-refractivity contribution in [3.8, 4) is 17.2 Å². The number of aromatic nitrogens is 2. The predicted octanol–water partition coefficient (Wildman–Crippen LogP) is 7.10. The van der Waals surface area contributed by atoms with E-state index in [4.69, 9.17) is 5.26 Å². The number of nitrogens with zero attached hydrogens (tertiary/aromatic N) is 2. The number of nitrogens with one attached hydrogen (secondary N) is 1. The van der Waals surface area contributed by atoms with E-state index in [-0.39, 0.29) is 5.82 Å². The summed E-state index contributed by atoms with van der Waals surface area (Å²) >= 11 is 0. The second-order valence-corrected chi connectivity index (χ2v) is 9.30. The maximum absolute atomic E-state index is 13.6. The Morgan fingerprint density at radius 2 is 1.68 bits per heavy atom. The topological polar surface area (TPSA) is 61.7 Å². The number of benzene rings is 2. The Balaban J connectivity index is 0.000000244. The van der Waals surface area contributed by atoms with Gasteiger partial charge in [-0.05, 0) is 80.3 Å². The molecule has 5 heteroatoms. The third kappa shape index (κ3) is 9.98. The van der Waals surface area contributed by atoms with Crippen LogP contribution in [0.4, 0.5) is 4.39 Å². The Labute approximate surface area is 221 Å². The SMILES string of the molecule is CC/C=c1/[nH]c(C)n/c1=C/CC#N.CCOC.Cc1ccc(-c2ccc(C3CCCCC3)cc2)cc1F. The van der Waals surface area contributed by atoms with E-state index in [0.717, 1.165) is 46.6 Å². The van der Waals surface area contributed by atoms with Gasteiger partial charge in [-0.2, -0.15) is 5.26 Å². The van der Waals surface area contributed by atoms with Crippen LogP contribution in [0.1, 0.15) is 81.7 Å². The number of rotatable bonds is 5. The number of imidazole rings is 1. The largest absolute Gasteiger partial charge is 0.385 e. The Morgan fingerprint density at radius 1 is 1.03 bits per heavy atom. The van der Waals surface area contributed by atoms with Crippen LogP contribution < -0.4 is 10.7 Å². The number of halogens is 1. The molecule has 1 aromatic heterocycles. The van der Waals surface area contributed by atoms with E-state index in [2.05, 4.69) is 58.0 Å². The Kier molecular flexibility index (Phi) is 13.4. The first-order valence-corrected chi connectivity index (χ1v) is 13.4. The highest BCUT2D eigenvalue weighted by Gasteiger charge is 2.15. The van der Waals surface area contributed by atoms with Crippen molar-refractivity contribution < 1.29 is 9.13 Å². The fraction of sp³-hybridized carbons (Fsp3) is 0.438. The Morgan fingerprint density at radius 3 is 2.24 bits per heavy atom. The van der Waals surface area contributed by atoms with Crippen LogP contribution in [0.5, 0.6) is 0 Å². The average molecular weight is 504 g/mol. The fourth-order valence-electron chi connectivity index (χ4n) is 4.34. The zero-order valence-corrected chi connectivity index (χ0v) is 23.1. The van der Waals surface area contributed by atoms with E-state index in [1.165, 1.54) is 37.7 Å². The smallest absolute Gasteiger partial charge is 0.126 e. The monoisotopic (exact) mass is 503 g/mol. The van der Waals surface area contributed by atoms with Crippen molar-refractivity contribution in [2.45, 2.75) is 78.6 Å². The molecule has 1 aliphatic rings. The molecule has 0 unspecified atom stereocenters. The standard InChI is InChI=1S/C19H21F.C10H13N3.C3H8O/c1-14-7-8-18(13-19(14)20)17-11-9-16(10-12-17)15-5-3-2-4-6-15;1-3-5-9-10(6-4-7-11)13-8(2)12-9;1-3-4-2/h7-13,15H,2-6H2,1H3;5-6H,3-4H2,1-2H3,(H,12,13);3H2,1-2H3/b;9-5+,10-6+;. The maximum atomic E-state index is 13.6. The van der Waals surface area contributed by atoms with Gasteiger partial charge in [0, 0.05) is 13.7 Å². The molecule has 4 nitrogen and oxygen atoms in total. The molecule has 3 aromatic rings. The summed E-state index contributed by atoms with van der Waals surface area (Å²) in [5, 5.41) is 10.3. The first kappa shape index (κ1) is 30.0. The van der Waals surface area contributed by atoms with Crippen LogP contribution in [-0.4, -0.2) is 23.7 Å². The quantitative estimate of drug-likeness (QED) is 0.404. The lowest BCUT2D eigenvalue weighted by Gasteiger charge is -2.22. The number of hydrogen-bond acceptors (Lipinski definition) is 3. The molecule has 4 rings (SSSR count). The number of ether oxygens (including phenoxy) is 1. The minimum absolute atomic E-state index is 0.126. The summed E-state index contributed by atoms with van der Waals surface area (Å²) in [4.78, 5) is 7.42. The van der Waals surface area contributed by atoms with E-state index in [9.17, 15) is 4.39 Å². The van der Waals surface area contributed by atoms with Crippen LogP contribution in [0, 0.1) is 31.0 Å². The van der Waals surface area contributed by atoms with E-state index >= 15 is 0 Å². The molecule has 1 heterocycles. The zero-order valence-electron chi connectivity index (χ0n) is 23.1. The van der Waals surface area contributed by atoms with E-state index in [1.54, 1.807) is 20.1 Å². The molecule has 0 bridgehead atoms. The van der Waals surface area contributed by atoms with Gasteiger partial charge in [0.1, 0.15) is 11.6 Å². The number of H-pyrrole nitrogens is 1. The second-order valence-electron chi connectivity index (χ2n) is 9.30. The molecule has 0 radical (unpaired) electrons. The third-order valence-corrected chi connectivity index (χ3v) is 6.46. The van der Waals surface area contributed by atoms with Crippen LogP contribution in [0.2, 0.25) is 0 Å². The fourth-order valence-corrected chi connectivity index (χ4v) is 4.34. The highest BCUT2D eigenvalue weighted by molar-refractivity contribution is 5.64. The molecule has 0 saturated heterocycles. The van der Waals surface area contributed by atoms with Crippen LogP contribution in [0.3, 0.4) is 0 Å². The normalized spacial score (nSPS) is 14.3. The first-order chi connectivity index (χ1) is 17.9. The van der Waals surface area contributed by atoms with Gasteiger partial charge >= 0.3 is 0 Å². The van der Waals surface area contributed by atoms with Crippen molar-refractivity contribution in [2.24, 2.45) is 0 Å². The van der Waals surface area contributed by atoms with Gasteiger partial charge in [0.15, 0.2) is 0 Å². The first-order valence-electron chi connectivity index (χ1n) is 13.4. The number of aromatic amines is 1. The molecule has 1 N–H and O–H groups in total. The van der Waals surface area contributed by atoms with E-state index in [0.29, 0.717) is 12.0 Å². The Hall–Kier alpha value is -3.23. The van der Waals surface area contributed by atoms with Gasteiger partial charge in [-0.25, -0.2) is 9.37 Å². The van der Waals surface area contributed by atoms with Crippen LogP contribution >= 0.6 is 0 Å². The molecule has 37 heavy (non-hydrogen) atoms. The molecule has 1 fully saturated rings. The molecule has 1 saturated carbocycles. The molecule has 0 spiro atoms. The van der Waals surface area contributed by atoms with E-state index in [1.807, 2.05) is 32.1 Å². The van der Waals surface area contributed by atoms with Gasteiger partial charge in [-0.1, -0.05) is 68.7 Å². The summed E-state index contributed by atoms with van der Waals surface area (Å²) in [6.07, 6.45) is 12.0. The summed E-state index contributed by atoms with van der Waals surface area (Å²) in [7, 11) is 1.68. The summed E-state index contributed by atoms with van der Waals surface area (Å²) < 4.78 is 18.2. The highest BCUT2D eigenvalue weighted by Crippen LogP contribution is 2.33. The lowest BCUT2D eigenvalue weighted by Crippen LogP contribution is -2.24. The van der Waals surface area contributed by atoms with Crippen molar-refractivity contribution >= 4 is 12.2 Å². The number of hydrogen-bond donors (Lipinski definition) is 1. The maximum Gasteiger partial charge on any atom is 0.126 e. The van der Waals surface area contributed by atoms with Gasteiger partial charge in [0.05, 0.1) is 23.2 Å². The number of nitriles is 1. The molecular weight excluding hydrogens is 461 g/mol. The molecule has 0 atom stereocenters. The van der Waals surface area contributed by atoms with Crippen molar-refractivity contribution in [1.82, 2.24) is 9.97 Å². The molecule has 198 valence electrons. The predicted molar refractivity (Wildman–Crippen MR) is 152 cm³/mol. The summed E-state index contributed by atoms with van der Waals surface area (Å²) in [5.41, 5.74) is 4.21. The molecule has 1 aliphatic carbocycles. The molecule has 0 aliphatic heterocycles. The molecule has 0 amide bonds. The van der Waals surface area contributed by atoms with Crippen molar-refractivity contribution in [3.63, 3.8) is 0 Å². The van der Waals surface area contributed by atoms with Crippen LogP contribution in [-0.2, 0) is 4.74 Å². The second kappa shape index (κ2) is 16.5. The van der Waals surface area contributed by atoms with Crippen LogP contribution in [0.25, 0.3) is 23.3 Å². The lowest BCUT2D eigenvalue weighted by molar-refractivity contribution is 0.215. The van der Waals surface area contributed by atoms with Crippen molar-refractivity contribution in [2.75, 3.05) is 13.7 Å². The van der Waals surface area contributed by atoms with Gasteiger partial charge in [0.2, 0.25) is 0 Å². The minimum atomic E-state index is -0.126. The van der Waals surface area contributed by atoms with Gasteiger partial charge in [-0.3, -0.25) is 0 Å². The molecule has 2 aromatic carbocycles. The van der Waals surface area contributed by atoms with Gasteiger partial charge in [0.25, 0.3) is 0 Å². The minimum Gasteiger partial charge on any atom is -0.385 e. The summed E-state index contributed by atoms with van der Waals surface area (Å²) in [6, 6.07) is 16.3. The summed E-state index contributed by atoms with van der Waals surface area (Å²) in [5.74, 6) is 1.50. The number of methoxy groups -OCH3 is 1. The lowest BCUT2D eigenvalue weighted by atomic mass is 9.84.